The molecular weight excluding hydrogens is 334 g/mol. The molecule has 3 nitrogen and oxygen atoms in total. The molecule has 0 aliphatic heterocycles. The fourth-order valence-corrected chi connectivity index (χ4v) is 3.76. The van der Waals surface area contributed by atoms with Gasteiger partial charge in [0, 0.05) is 24.9 Å². The first kappa shape index (κ1) is 13.8. The third-order valence-corrected chi connectivity index (χ3v) is 5.09. The molecule has 0 radical (unpaired) electrons. The predicted octanol–water partition coefficient (Wildman–Crippen LogP) is 3.90. The molecule has 1 unspecified atom stereocenters. The standard InChI is InChI=1S/C15H16BrN3S/c1-17-12(10-7-15(16)20-9-10)8-13-11-5-3-4-6-14(11)19(2)18-13/h3-7,9,12,17H,8H2,1-2H3. The molecule has 0 amide bonds. The number of hydrogen-bond donors (Lipinski definition) is 1. The van der Waals surface area contributed by atoms with Crippen molar-refractivity contribution in [2.45, 2.75) is 12.5 Å². The molecule has 20 heavy (non-hydrogen) atoms. The second-order valence-corrected chi connectivity index (χ2v) is 7.11. The van der Waals surface area contributed by atoms with Crippen LogP contribution in [0.5, 0.6) is 0 Å². The highest BCUT2D eigenvalue weighted by atomic mass is 79.9. The largest absolute Gasteiger partial charge is 0.313 e. The number of benzene rings is 1. The van der Waals surface area contributed by atoms with E-state index in [4.69, 9.17) is 0 Å². The van der Waals surface area contributed by atoms with E-state index in [0.29, 0.717) is 0 Å². The Bertz CT molecular complexity index is 732. The summed E-state index contributed by atoms with van der Waals surface area (Å²) in [6.07, 6.45) is 0.890. The highest BCUT2D eigenvalue weighted by Crippen LogP contribution is 2.28. The fraction of sp³-hybridized carbons (Fsp3) is 0.267. The van der Waals surface area contributed by atoms with Gasteiger partial charge in [-0.3, -0.25) is 4.68 Å². The van der Waals surface area contributed by atoms with E-state index in [0.717, 1.165) is 12.1 Å². The van der Waals surface area contributed by atoms with E-state index in [2.05, 4.69) is 62.1 Å². The molecule has 5 heteroatoms. The number of aromatic nitrogens is 2. The second-order valence-electron chi connectivity index (χ2n) is 4.82. The Morgan fingerprint density at radius 3 is 2.90 bits per heavy atom. The third kappa shape index (κ3) is 2.53. The molecule has 3 aromatic rings. The van der Waals surface area contributed by atoms with Crippen molar-refractivity contribution in [1.29, 1.82) is 0 Å². The molecule has 2 heterocycles. The van der Waals surface area contributed by atoms with Crippen molar-refractivity contribution in [3.63, 3.8) is 0 Å². The Hall–Kier alpha value is -1.17. The Kier molecular flexibility index (Phi) is 3.92. The first-order valence-corrected chi connectivity index (χ1v) is 8.18. The minimum absolute atomic E-state index is 0.288. The van der Waals surface area contributed by atoms with Gasteiger partial charge in [0.15, 0.2) is 0 Å². The van der Waals surface area contributed by atoms with Crippen molar-refractivity contribution in [1.82, 2.24) is 15.1 Å². The van der Waals surface area contributed by atoms with E-state index >= 15 is 0 Å². The molecule has 0 saturated heterocycles. The van der Waals surface area contributed by atoms with Crippen LogP contribution in [0.4, 0.5) is 0 Å². The zero-order valence-corrected chi connectivity index (χ0v) is 13.8. The Morgan fingerprint density at radius 2 is 2.20 bits per heavy atom. The van der Waals surface area contributed by atoms with Crippen LogP contribution in [-0.4, -0.2) is 16.8 Å². The van der Waals surface area contributed by atoms with Crippen molar-refractivity contribution < 1.29 is 0 Å². The van der Waals surface area contributed by atoms with Crippen LogP contribution in [0, 0.1) is 0 Å². The van der Waals surface area contributed by atoms with Gasteiger partial charge in [0.25, 0.3) is 0 Å². The van der Waals surface area contributed by atoms with Crippen LogP contribution in [-0.2, 0) is 13.5 Å². The maximum absolute atomic E-state index is 4.68. The van der Waals surface area contributed by atoms with Crippen LogP contribution in [0.15, 0.2) is 39.5 Å². The first-order chi connectivity index (χ1) is 9.69. The highest BCUT2D eigenvalue weighted by Gasteiger charge is 2.16. The molecule has 3 rings (SSSR count). The minimum Gasteiger partial charge on any atom is -0.313 e. The SMILES string of the molecule is CNC(Cc1nn(C)c2ccccc12)c1csc(Br)c1. The number of rotatable bonds is 4. The molecule has 2 aromatic heterocycles. The van der Waals surface area contributed by atoms with E-state index in [-0.39, 0.29) is 6.04 Å². The van der Waals surface area contributed by atoms with E-state index < -0.39 is 0 Å². The van der Waals surface area contributed by atoms with Gasteiger partial charge in [-0.05, 0) is 46.1 Å². The maximum Gasteiger partial charge on any atom is 0.0722 e. The summed E-state index contributed by atoms with van der Waals surface area (Å²) < 4.78 is 3.12. The summed E-state index contributed by atoms with van der Waals surface area (Å²) in [4.78, 5) is 0. The lowest BCUT2D eigenvalue weighted by Crippen LogP contribution is -2.18. The molecule has 0 fully saturated rings. The van der Waals surface area contributed by atoms with Gasteiger partial charge >= 0.3 is 0 Å². The molecule has 0 bridgehead atoms. The Balaban J connectivity index is 1.95. The zero-order chi connectivity index (χ0) is 14.1. The monoisotopic (exact) mass is 349 g/mol. The minimum atomic E-state index is 0.288. The third-order valence-electron chi connectivity index (χ3n) is 3.57. The van der Waals surface area contributed by atoms with Gasteiger partial charge in [0.1, 0.15) is 0 Å². The second kappa shape index (κ2) is 5.68. The van der Waals surface area contributed by atoms with Crippen LogP contribution in [0.25, 0.3) is 10.9 Å². The lowest BCUT2D eigenvalue weighted by Gasteiger charge is -2.13. The van der Waals surface area contributed by atoms with Crippen molar-refractivity contribution in [2.24, 2.45) is 7.05 Å². The van der Waals surface area contributed by atoms with Crippen LogP contribution >= 0.6 is 27.3 Å². The molecule has 0 saturated carbocycles. The van der Waals surface area contributed by atoms with Crippen LogP contribution in [0.2, 0.25) is 0 Å². The lowest BCUT2D eigenvalue weighted by molar-refractivity contribution is 0.581. The number of likely N-dealkylation sites (N-methyl/N-ethyl adjacent to an activating group) is 1. The summed E-state index contributed by atoms with van der Waals surface area (Å²) in [6.45, 7) is 0. The zero-order valence-electron chi connectivity index (χ0n) is 11.4. The molecule has 0 spiro atoms. The summed E-state index contributed by atoms with van der Waals surface area (Å²) in [5.41, 5.74) is 3.63. The van der Waals surface area contributed by atoms with Crippen LogP contribution in [0.1, 0.15) is 17.3 Å². The molecule has 0 aliphatic carbocycles. The van der Waals surface area contributed by atoms with Gasteiger partial charge in [-0.1, -0.05) is 18.2 Å². The average Bonchev–Trinajstić information content (AvgIpc) is 3.01. The van der Waals surface area contributed by atoms with Crippen molar-refractivity contribution in [3.05, 3.63) is 50.8 Å². The van der Waals surface area contributed by atoms with Gasteiger partial charge in [0.05, 0.1) is 15.0 Å². The number of hydrogen-bond acceptors (Lipinski definition) is 3. The van der Waals surface area contributed by atoms with Crippen LogP contribution in [0.3, 0.4) is 0 Å². The fourth-order valence-electron chi connectivity index (χ4n) is 2.53. The molecule has 1 N–H and O–H groups in total. The summed E-state index contributed by atoms with van der Waals surface area (Å²) >= 11 is 5.25. The number of para-hydroxylation sites is 1. The van der Waals surface area contributed by atoms with Crippen molar-refractivity contribution in [3.8, 4) is 0 Å². The average molecular weight is 350 g/mol. The van der Waals surface area contributed by atoms with Gasteiger partial charge < -0.3 is 5.32 Å². The van der Waals surface area contributed by atoms with E-state index in [1.807, 2.05) is 18.8 Å². The maximum atomic E-state index is 4.68. The van der Waals surface area contributed by atoms with Gasteiger partial charge in [-0.25, -0.2) is 0 Å². The Morgan fingerprint density at radius 1 is 1.40 bits per heavy atom. The van der Waals surface area contributed by atoms with Crippen molar-refractivity contribution >= 4 is 38.2 Å². The van der Waals surface area contributed by atoms with E-state index in [1.165, 1.54) is 20.3 Å². The number of nitrogens with zero attached hydrogens (tertiary/aromatic N) is 2. The molecule has 0 aliphatic rings. The molecule has 1 aromatic carbocycles. The number of aryl methyl sites for hydroxylation is 1. The molecule has 1 atom stereocenters. The predicted molar refractivity (Wildman–Crippen MR) is 88.2 cm³/mol. The van der Waals surface area contributed by atoms with Crippen LogP contribution < -0.4 is 5.32 Å². The Labute approximate surface area is 130 Å². The summed E-state index contributed by atoms with van der Waals surface area (Å²) in [5, 5.41) is 11.5. The smallest absolute Gasteiger partial charge is 0.0722 e. The van der Waals surface area contributed by atoms with Crippen molar-refractivity contribution in [2.75, 3.05) is 7.05 Å². The normalized spacial score (nSPS) is 12.9. The number of halogens is 1. The highest BCUT2D eigenvalue weighted by molar-refractivity contribution is 9.11. The van der Waals surface area contributed by atoms with Gasteiger partial charge in [0.2, 0.25) is 0 Å². The lowest BCUT2D eigenvalue weighted by atomic mass is 10.0. The number of nitrogens with one attached hydrogen (secondary N) is 1. The molecule has 104 valence electrons. The topological polar surface area (TPSA) is 29.9 Å². The summed E-state index contributed by atoms with van der Waals surface area (Å²) in [5.74, 6) is 0. The number of fused-ring (bicyclic) bond motifs is 1. The molecular formula is C15H16BrN3S. The van der Waals surface area contributed by atoms with Gasteiger partial charge in [-0.15, -0.1) is 11.3 Å². The van der Waals surface area contributed by atoms with E-state index in [1.54, 1.807) is 11.3 Å². The first-order valence-electron chi connectivity index (χ1n) is 6.51. The van der Waals surface area contributed by atoms with E-state index in [9.17, 15) is 0 Å². The quantitative estimate of drug-likeness (QED) is 0.773. The summed E-state index contributed by atoms with van der Waals surface area (Å²) in [6, 6.07) is 10.9. The van der Waals surface area contributed by atoms with Gasteiger partial charge in [-0.2, -0.15) is 5.10 Å². The number of thiophene rings is 1. The summed E-state index contributed by atoms with van der Waals surface area (Å²) in [7, 11) is 4.00.